The fourth-order valence-corrected chi connectivity index (χ4v) is 3.66. The summed E-state index contributed by atoms with van der Waals surface area (Å²) >= 11 is 0. The van der Waals surface area contributed by atoms with Crippen molar-refractivity contribution in [3.8, 4) is 0 Å². The smallest absolute Gasteiger partial charge is 0.410 e. The summed E-state index contributed by atoms with van der Waals surface area (Å²) in [6, 6.07) is 2.33. The lowest BCUT2D eigenvalue weighted by Crippen LogP contribution is -2.63. The molecule has 6 heteroatoms. The number of hydrogen-bond acceptors (Lipinski definition) is 3. The minimum atomic E-state index is -0.578. The van der Waals surface area contributed by atoms with E-state index in [9.17, 15) is 13.6 Å². The average molecular weight is 324 g/mol. The van der Waals surface area contributed by atoms with E-state index in [1.165, 1.54) is 0 Å². The molecule has 1 saturated carbocycles. The molecule has 23 heavy (non-hydrogen) atoms. The molecule has 0 unspecified atom stereocenters. The zero-order valence-corrected chi connectivity index (χ0v) is 13.7. The summed E-state index contributed by atoms with van der Waals surface area (Å²) in [6.07, 6.45) is 1.05. The molecule has 1 heterocycles. The number of likely N-dealkylation sites (tertiary alicyclic amines) is 1. The molecular formula is C17H22F2N2O2. The molecule has 0 radical (unpaired) electrons. The van der Waals surface area contributed by atoms with E-state index in [0.717, 1.165) is 12.1 Å². The third-order valence-electron chi connectivity index (χ3n) is 4.57. The maximum atomic E-state index is 13.9. The number of anilines is 1. The van der Waals surface area contributed by atoms with Crippen LogP contribution in [0.3, 0.4) is 0 Å². The summed E-state index contributed by atoms with van der Waals surface area (Å²) < 4.78 is 33.2. The van der Waals surface area contributed by atoms with Crippen LogP contribution in [0, 0.1) is 17.0 Å². The Morgan fingerprint density at radius 1 is 1.26 bits per heavy atom. The van der Waals surface area contributed by atoms with Crippen molar-refractivity contribution in [2.45, 2.75) is 45.1 Å². The molecule has 0 bridgehead atoms. The summed E-state index contributed by atoms with van der Waals surface area (Å²) in [7, 11) is 0. The van der Waals surface area contributed by atoms with E-state index in [2.05, 4.69) is 0 Å². The predicted molar refractivity (Wildman–Crippen MR) is 83.0 cm³/mol. The molecule has 1 aliphatic carbocycles. The van der Waals surface area contributed by atoms with Crippen molar-refractivity contribution < 1.29 is 18.3 Å². The number of benzene rings is 1. The normalized spacial score (nSPS) is 20.1. The van der Waals surface area contributed by atoms with E-state index < -0.39 is 17.2 Å². The van der Waals surface area contributed by atoms with Crippen molar-refractivity contribution in [1.29, 1.82) is 0 Å². The Morgan fingerprint density at radius 2 is 1.78 bits per heavy atom. The highest BCUT2D eigenvalue weighted by atomic mass is 19.1. The first-order chi connectivity index (χ1) is 10.6. The number of carbonyl (C=O) groups is 1. The highest BCUT2D eigenvalue weighted by Crippen LogP contribution is 2.57. The number of nitrogens with zero attached hydrogens (tertiary/aromatic N) is 1. The van der Waals surface area contributed by atoms with Crippen molar-refractivity contribution in [3.05, 3.63) is 29.3 Å². The highest BCUT2D eigenvalue weighted by Gasteiger charge is 2.55. The maximum absolute atomic E-state index is 13.9. The van der Waals surface area contributed by atoms with Crippen LogP contribution in [0.4, 0.5) is 19.3 Å². The number of rotatable bonds is 1. The van der Waals surface area contributed by atoms with Gasteiger partial charge in [-0.2, -0.15) is 0 Å². The Balaban J connectivity index is 1.58. The number of amides is 1. The van der Waals surface area contributed by atoms with Crippen LogP contribution < -0.4 is 5.73 Å². The SMILES string of the molecule is CC(C)(C)OC(=O)N1CC2(CC(c3c(F)cc(N)cc3F)C2)C1. The molecule has 3 rings (SSSR count). The van der Waals surface area contributed by atoms with Gasteiger partial charge in [0.1, 0.15) is 17.2 Å². The number of halogens is 2. The summed E-state index contributed by atoms with van der Waals surface area (Å²) in [4.78, 5) is 13.6. The molecule has 1 saturated heterocycles. The fourth-order valence-electron chi connectivity index (χ4n) is 3.66. The van der Waals surface area contributed by atoms with E-state index in [-0.39, 0.29) is 28.7 Å². The van der Waals surface area contributed by atoms with E-state index in [0.29, 0.717) is 25.9 Å². The lowest BCUT2D eigenvalue weighted by atomic mass is 9.56. The zero-order chi connectivity index (χ0) is 17.0. The van der Waals surface area contributed by atoms with Gasteiger partial charge < -0.3 is 15.4 Å². The minimum absolute atomic E-state index is 0.0121. The molecule has 1 aromatic rings. The molecule has 1 aliphatic heterocycles. The van der Waals surface area contributed by atoms with Crippen molar-refractivity contribution in [2.75, 3.05) is 18.8 Å². The second-order valence-electron chi connectivity index (χ2n) is 7.84. The van der Waals surface area contributed by atoms with E-state index in [4.69, 9.17) is 10.5 Å². The summed E-state index contributed by atoms with van der Waals surface area (Å²) in [6.45, 7) is 6.67. The van der Waals surface area contributed by atoms with Gasteiger partial charge in [0, 0.05) is 29.8 Å². The largest absolute Gasteiger partial charge is 0.444 e. The standard InChI is InChI=1S/C17H22F2N2O2/c1-16(2,3)23-15(22)21-8-17(9-21)6-10(7-17)14-12(18)4-11(20)5-13(14)19/h4-5,10H,6-9,20H2,1-3H3. The number of nitrogen functional groups attached to an aromatic ring is 1. The van der Waals surface area contributed by atoms with E-state index in [1.807, 2.05) is 20.8 Å². The van der Waals surface area contributed by atoms with E-state index >= 15 is 0 Å². The summed E-state index contributed by atoms with van der Waals surface area (Å²) in [5.74, 6) is -1.30. The van der Waals surface area contributed by atoms with Crippen LogP contribution in [0.2, 0.25) is 0 Å². The van der Waals surface area contributed by atoms with Crippen molar-refractivity contribution in [3.63, 3.8) is 0 Å². The third kappa shape index (κ3) is 2.99. The van der Waals surface area contributed by atoms with Crippen LogP contribution in [0.15, 0.2) is 12.1 Å². The molecule has 2 aliphatic rings. The van der Waals surface area contributed by atoms with Gasteiger partial charge in [0.05, 0.1) is 0 Å². The van der Waals surface area contributed by atoms with Crippen LogP contribution in [-0.4, -0.2) is 29.7 Å². The number of hydrogen-bond donors (Lipinski definition) is 1. The van der Waals surface area contributed by atoms with Gasteiger partial charge in [0.15, 0.2) is 0 Å². The Bertz CT molecular complexity index is 617. The van der Waals surface area contributed by atoms with E-state index in [1.54, 1.807) is 4.90 Å². The van der Waals surface area contributed by atoms with Gasteiger partial charge in [0.25, 0.3) is 0 Å². The average Bonchev–Trinajstić information content (AvgIpc) is 2.25. The van der Waals surface area contributed by atoms with Crippen molar-refractivity contribution >= 4 is 11.8 Å². The van der Waals surface area contributed by atoms with Gasteiger partial charge in [-0.25, -0.2) is 13.6 Å². The topological polar surface area (TPSA) is 55.6 Å². The van der Waals surface area contributed by atoms with Gasteiger partial charge in [-0.3, -0.25) is 0 Å². The first-order valence-corrected chi connectivity index (χ1v) is 7.81. The Morgan fingerprint density at radius 3 is 2.26 bits per heavy atom. The van der Waals surface area contributed by atoms with Crippen LogP contribution in [-0.2, 0) is 4.74 Å². The lowest BCUT2D eigenvalue weighted by molar-refractivity contribution is -0.0794. The third-order valence-corrected chi connectivity index (χ3v) is 4.57. The Hall–Kier alpha value is -1.85. The van der Waals surface area contributed by atoms with Crippen LogP contribution in [0.1, 0.15) is 45.1 Å². The Labute approximate surface area is 134 Å². The van der Waals surface area contributed by atoms with Crippen LogP contribution in [0.5, 0.6) is 0 Å². The van der Waals surface area contributed by atoms with Crippen LogP contribution >= 0.6 is 0 Å². The quantitative estimate of drug-likeness (QED) is 0.802. The lowest BCUT2D eigenvalue weighted by Gasteiger charge is -2.58. The van der Waals surface area contributed by atoms with Gasteiger partial charge >= 0.3 is 6.09 Å². The molecule has 1 aromatic carbocycles. The van der Waals surface area contributed by atoms with Gasteiger partial charge in [-0.05, 0) is 51.7 Å². The molecule has 4 nitrogen and oxygen atoms in total. The van der Waals surface area contributed by atoms with Gasteiger partial charge in [-0.1, -0.05) is 0 Å². The second kappa shape index (κ2) is 5.08. The number of carbonyl (C=O) groups excluding carboxylic acids is 1. The zero-order valence-electron chi connectivity index (χ0n) is 13.7. The molecule has 2 N–H and O–H groups in total. The molecule has 0 aromatic heterocycles. The number of nitrogens with two attached hydrogens (primary N) is 1. The van der Waals surface area contributed by atoms with Crippen LogP contribution in [0.25, 0.3) is 0 Å². The molecule has 2 fully saturated rings. The van der Waals surface area contributed by atoms with Gasteiger partial charge in [0.2, 0.25) is 0 Å². The van der Waals surface area contributed by atoms with Crippen molar-refractivity contribution in [2.24, 2.45) is 5.41 Å². The summed E-state index contributed by atoms with van der Waals surface area (Å²) in [5.41, 5.74) is 5.14. The van der Waals surface area contributed by atoms with Crippen molar-refractivity contribution in [1.82, 2.24) is 4.90 Å². The molecule has 1 amide bonds. The minimum Gasteiger partial charge on any atom is -0.444 e. The summed E-state index contributed by atoms with van der Waals surface area (Å²) in [5, 5.41) is 0. The first-order valence-electron chi connectivity index (χ1n) is 7.81. The maximum Gasteiger partial charge on any atom is 0.410 e. The highest BCUT2D eigenvalue weighted by molar-refractivity contribution is 5.69. The Kier molecular flexibility index (Phi) is 3.54. The first kappa shape index (κ1) is 16.0. The molecule has 0 atom stereocenters. The molecule has 126 valence electrons. The fraction of sp³-hybridized carbons (Fsp3) is 0.588. The second-order valence-corrected chi connectivity index (χ2v) is 7.84. The predicted octanol–water partition coefficient (Wildman–Crippen LogP) is 3.66. The number of ether oxygens (including phenoxy) is 1. The van der Waals surface area contributed by atoms with Gasteiger partial charge in [-0.15, -0.1) is 0 Å². The monoisotopic (exact) mass is 324 g/mol. The molecular weight excluding hydrogens is 302 g/mol. The molecule has 1 spiro atoms.